The Bertz CT molecular complexity index is 141. The van der Waals surface area contributed by atoms with E-state index in [1.807, 2.05) is 0 Å². The minimum atomic E-state index is 0.342. The molecule has 0 aromatic rings. The predicted molar refractivity (Wildman–Crippen MR) is 49.7 cm³/mol. The average Bonchev–Trinajstić information content (AvgIpc) is 2.10. The van der Waals surface area contributed by atoms with Crippen LogP contribution in [0.2, 0.25) is 0 Å². The molecule has 0 saturated heterocycles. The maximum Gasteiger partial charge on any atom is 0.0168 e. The predicted octanol–water partition coefficient (Wildman–Crippen LogP) is 2.44. The Morgan fingerprint density at radius 3 is 2.55 bits per heavy atom. The van der Waals surface area contributed by atoms with Crippen LogP contribution < -0.4 is 0 Å². The smallest absolute Gasteiger partial charge is 0.0168 e. The number of rotatable bonds is 0. The summed E-state index contributed by atoms with van der Waals surface area (Å²) in [7, 11) is 0. The Kier molecular flexibility index (Phi) is 2.72. The van der Waals surface area contributed by atoms with Crippen molar-refractivity contribution < 1.29 is 0 Å². The van der Waals surface area contributed by atoms with Crippen molar-refractivity contribution in [3.8, 4) is 0 Å². The molecule has 0 aromatic heterocycles. The first-order valence-corrected chi connectivity index (χ1v) is 4.51. The van der Waals surface area contributed by atoms with Gasteiger partial charge in [0, 0.05) is 12.1 Å². The molecule has 1 heteroatoms. The fourth-order valence-electron chi connectivity index (χ4n) is 1.42. The second-order valence-corrected chi connectivity index (χ2v) is 4.23. The molecule has 0 amide bonds. The number of allylic oxidation sites excluding steroid dienone is 1. The topological polar surface area (TPSA) is 3.24 Å². The van der Waals surface area contributed by atoms with Gasteiger partial charge in [-0.2, -0.15) is 0 Å². The normalized spacial score (nSPS) is 21.7. The maximum atomic E-state index is 2.52. The van der Waals surface area contributed by atoms with Crippen LogP contribution in [0.15, 0.2) is 12.2 Å². The minimum absolute atomic E-state index is 0.342. The molecule has 1 aliphatic heterocycles. The fraction of sp³-hybridized carbons (Fsp3) is 0.800. The van der Waals surface area contributed by atoms with E-state index in [9.17, 15) is 0 Å². The molecule has 64 valence electrons. The summed E-state index contributed by atoms with van der Waals surface area (Å²) in [5, 5.41) is 0. The average molecular weight is 153 g/mol. The second-order valence-electron chi connectivity index (χ2n) is 4.23. The van der Waals surface area contributed by atoms with Gasteiger partial charge < -0.3 is 0 Å². The van der Waals surface area contributed by atoms with Crippen LogP contribution in [0.5, 0.6) is 0 Å². The standard InChI is InChI=1S/C10H19N/c1-10(2,3)11-8-6-4-5-7-9-11/h4,6H,5,7-9H2,1-3H3. The van der Waals surface area contributed by atoms with Gasteiger partial charge in [0.15, 0.2) is 0 Å². The largest absolute Gasteiger partial charge is 0.295 e. The van der Waals surface area contributed by atoms with Gasteiger partial charge in [0.1, 0.15) is 0 Å². The molecule has 0 fully saturated rings. The summed E-state index contributed by atoms with van der Waals surface area (Å²) in [5.74, 6) is 0. The summed E-state index contributed by atoms with van der Waals surface area (Å²) in [5.41, 5.74) is 0.342. The lowest BCUT2D eigenvalue weighted by Crippen LogP contribution is -2.41. The van der Waals surface area contributed by atoms with Crippen LogP contribution in [-0.2, 0) is 0 Å². The molecule has 0 radical (unpaired) electrons. The van der Waals surface area contributed by atoms with Crippen molar-refractivity contribution in [3.63, 3.8) is 0 Å². The summed E-state index contributed by atoms with van der Waals surface area (Å²) in [6, 6.07) is 0. The quantitative estimate of drug-likeness (QED) is 0.483. The molecule has 1 rings (SSSR count). The lowest BCUT2D eigenvalue weighted by molar-refractivity contribution is 0.155. The van der Waals surface area contributed by atoms with Crippen LogP contribution in [0.25, 0.3) is 0 Å². The highest BCUT2D eigenvalue weighted by Gasteiger charge is 2.19. The van der Waals surface area contributed by atoms with Gasteiger partial charge in [0.2, 0.25) is 0 Å². The zero-order chi connectivity index (χ0) is 8.32. The van der Waals surface area contributed by atoms with E-state index in [0.29, 0.717) is 5.54 Å². The van der Waals surface area contributed by atoms with Crippen molar-refractivity contribution in [1.82, 2.24) is 4.90 Å². The summed E-state index contributed by atoms with van der Waals surface area (Å²) in [6.07, 6.45) is 7.16. The minimum Gasteiger partial charge on any atom is -0.295 e. The first kappa shape index (κ1) is 8.79. The molecule has 0 spiro atoms. The van der Waals surface area contributed by atoms with Crippen LogP contribution in [0.1, 0.15) is 33.6 Å². The van der Waals surface area contributed by atoms with Crippen molar-refractivity contribution in [3.05, 3.63) is 12.2 Å². The van der Waals surface area contributed by atoms with E-state index in [1.165, 1.54) is 19.4 Å². The number of nitrogens with zero attached hydrogens (tertiary/aromatic N) is 1. The van der Waals surface area contributed by atoms with Crippen LogP contribution in [0, 0.1) is 0 Å². The molecule has 0 atom stereocenters. The second kappa shape index (κ2) is 3.40. The monoisotopic (exact) mass is 153 g/mol. The summed E-state index contributed by atoms with van der Waals surface area (Å²) >= 11 is 0. The van der Waals surface area contributed by atoms with Gasteiger partial charge in [-0.05, 0) is 40.2 Å². The number of hydrogen-bond donors (Lipinski definition) is 0. The molecule has 0 saturated carbocycles. The summed E-state index contributed by atoms with van der Waals surface area (Å²) in [4.78, 5) is 2.52. The van der Waals surface area contributed by atoms with Gasteiger partial charge in [-0.15, -0.1) is 0 Å². The van der Waals surface area contributed by atoms with Crippen molar-refractivity contribution >= 4 is 0 Å². The molecule has 1 heterocycles. The zero-order valence-electron chi connectivity index (χ0n) is 7.93. The fourth-order valence-corrected chi connectivity index (χ4v) is 1.42. The molecule has 1 nitrogen and oxygen atoms in total. The highest BCUT2D eigenvalue weighted by atomic mass is 15.2. The Hall–Kier alpha value is -0.300. The zero-order valence-corrected chi connectivity index (χ0v) is 7.93. The molecule has 0 N–H and O–H groups in total. The van der Waals surface area contributed by atoms with E-state index in [4.69, 9.17) is 0 Å². The van der Waals surface area contributed by atoms with Crippen LogP contribution in [0.4, 0.5) is 0 Å². The third kappa shape index (κ3) is 2.66. The Morgan fingerprint density at radius 1 is 1.18 bits per heavy atom. The van der Waals surface area contributed by atoms with Crippen molar-refractivity contribution in [2.24, 2.45) is 0 Å². The lowest BCUT2D eigenvalue weighted by atomic mass is 10.1. The molecule has 1 aliphatic rings. The third-order valence-corrected chi connectivity index (χ3v) is 2.24. The van der Waals surface area contributed by atoms with Crippen LogP contribution in [-0.4, -0.2) is 23.5 Å². The lowest BCUT2D eigenvalue weighted by Gasteiger charge is -2.34. The van der Waals surface area contributed by atoms with Gasteiger partial charge in [-0.3, -0.25) is 4.90 Å². The van der Waals surface area contributed by atoms with Gasteiger partial charge in [-0.1, -0.05) is 12.2 Å². The van der Waals surface area contributed by atoms with Crippen molar-refractivity contribution in [1.29, 1.82) is 0 Å². The first-order chi connectivity index (χ1) is 5.11. The van der Waals surface area contributed by atoms with E-state index < -0.39 is 0 Å². The van der Waals surface area contributed by atoms with Gasteiger partial charge >= 0.3 is 0 Å². The van der Waals surface area contributed by atoms with Gasteiger partial charge in [0.25, 0.3) is 0 Å². The van der Waals surface area contributed by atoms with Crippen LogP contribution >= 0.6 is 0 Å². The summed E-state index contributed by atoms with van der Waals surface area (Å²) in [6.45, 7) is 9.23. The van der Waals surface area contributed by atoms with E-state index in [2.05, 4.69) is 37.8 Å². The highest BCUT2D eigenvalue weighted by Crippen LogP contribution is 2.15. The third-order valence-electron chi connectivity index (χ3n) is 2.24. The van der Waals surface area contributed by atoms with Crippen LogP contribution in [0.3, 0.4) is 0 Å². The molecule has 11 heavy (non-hydrogen) atoms. The molecule has 0 aromatic carbocycles. The molecule has 0 unspecified atom stereocenters. The SMILES string of the molecule is CC(C)(C)N1CC=CCCC1. The maximum absolute atomic E-state index is 2.52. The Labute approximate surface area is 70.1 Å². The van der Waals surface area contributed by atoms with Crippen molar-refractivity contribution in [2.75, 3.05) is 13.1 Å². The van der Waals surface area contributed by atoms with Crippen molar-refractivity contribution in [2.45, 2.75) is 39.2 Å². The number of hydrogen-bond acceptors (Lipinski definition) is 1. The van der Waals surface area contributed by atoms with E-state index >= 15 is 0 Å². The van der Waals surface area contributed by atoms with E-state index in [-0.39, 0.29) is 0 Å². The Morgan fingerprint density at radius 2 is 1.91 bits per heavy atom. The van der Waals surface area contributed by atoms with Gasteiger partial charge in [-0.25, -0.2) is 0 Å². The Balaban J connectivity index is 2.51. The van der Waals surface area contributed by atoms with E-state index in [0.717, 1.165) is 6.54 Å². The molecular weight excluding hydrogens is 134 g/mol. The molecule has 0 aliphatic carbocycles. The molecular formula is C10H19N. The summed E-state index contributed by atoms with van der Waals surface area (Å²) < 4.78 is 0. The van der Waals surface area contributed by atoms with E-state index in [1.54, 1.807) is 0 Å². The van der Waals surface area contributed by atoms with Gasteiger partial charge in [0.05, 0.1) is 0 Å². The molecule has 0 bridgehead atoms. The first-order valence-electron chi connectivity index (χ1n) is 4.51. The highest BCUT2D eigenvalue weighted by molar-refractivity contribution is 4.91.